The summed E-state index contributed by atoms with van der Waals surface area (Å²) < 4.78 is 1.73. The minimum Gasteiger partial charge on any atom is -0.399 e. The van der Waals surface area contributed by atoms with Crippen molar-refractivity contribution in [1.29, 1.82) is 0 Å². The third kappa shape index (κ3) is 2.98. The first kappa shape index (κ1) is 14.3. The van der Waals surface area contributed by atoms with Crippen LogP contribution in [-0.2, 0) is 6.42 Å². The number of rotatable bonds is 5. The van der Waals surface area contributed by atoms with Crippen molar-refractivity contribution < 1.29 is 0 Å². The maximum atomic E-state index is 5.84. The lowest BCUT2D eigenvalue weighted by Gasteiger charge is -2.06. The van der Waals surface area contributed by atoms with Crippen LogP contribution in [0.15, 0.2) is 48.5 Å². The molecule has 2 aromatic carbocycles. The van der Waals surface area contributed by atoms with Gasteiger partial charge in [0.15, 0.2) is 5.82 Å². The first-order chi connectivity index (χ1) is 10.8. The van der Waals surface area contributed by atoms with Gasteiger partial charge in [-0.05, 0) is 53.1 Å². The molecule has 0 aliphatic rings. The van der Waals surface area contributed by atoms with E-state index in [4.69, 9.17) is 5.73 Å². The van der Waals surface area contributed by atoms with Crippen LogP contribution in [-0.4, -0.2) is 20.2 Å². The van der Waals surface area contributed by atoms with Gasteiger partial charge in [-0.3, -0.25) is 0 Å². The second-order valence-electron chi connectivity index (χ2n) is 5.31. The van der Waals surface area contributed by atoms with E-state index in [1.807, 2.05) is 24.3 Å². The number of aromatic nitrogens is 4. The Hall–Kier alpha value is -2.69. The Labute approximate surface area is 129 Å². The predicted octanol–water partition coefficient (Wildman–Crippen LogP) is 3.25. The molecule has 5 heteroatoms. The molecule has 0 radical (unpaired) electrons. The molecule has 3 rings (SSSR count). The van der Waals surface area contributed by atoms with Crippen molar-refractivity contribution in [3.8, 4) is 17.1 Å². The Morgan fingerprint density at radius 1 is 1.09 bits per heavy atom. The Morgan fingerprint density at radius 2 is 1.91 bits per heavy atom. The number of nitrogens with two attached hydrogens (primary N) is 1. The molecule has 0 aliphatic carbocycles. The van der Waals surface area contributed by atoms with Crippen molar-refractivity contribution in [2.75, 3.05) is 5.73 Å². The van der Waals surface area contributed by atoms with Gasteiger partial charge in [0, 0.05) is 11.3 Å². The van der Waals surface area contributed by atoms with Gasteiger partial charge in [-0.25, -0.2) is 0 Å². The zero-order chi connectivity index (χ0) is 15.4. The summed E-state index contributed by atoms with van der Waals surface area (Å²) in [6.45, 7) is 2.20. The Bertz CT molecular complexity index is 746. The molecule has 0 unspecified atom stereocenters. The molecule has 1 heterocycles. The number of nitrogens with zero attached hydrogens (tertiary/aromatic N) is 4. The van der Waals surface area contributed by atoms with E-state index in [9.17, 15) is 0 Å². The molecule has 0 saturated carbocycles. The number of anilines is 1. The van der Waals surface area contributed by atoms with E-state index in [2.05, 4.69) is 46.7 Å². The molecule has 0 spiro atoms. The van der Waals surface area contributed by atoms with Gasteiger partial charge >= 0.3 is 0 Å². The molecule has 0 atom stereocenters. The number of nitrogen functional groups attached to an aromatic ring is 1. The van der Waals surface area contributed by atoms with E-state index in [0.717, 1.165) is 17.7 Å². The SMILES string of the molecule is CCCCc1ccc(-n2nnnc2-c2cccc(N)c2)cc1. The highest BCUT2D eigenvalue weighted by Gasteiger charge is 2.10. The summed E-state index contributed by atoms with van der Waals surface area (Å²) in [7, 11) is 0. The molecule has 3 aromatic rings. The topological polar surface area (TPSA) is 69.6 Å². The number of tetrazole rings is 1. The highest BCUT2D eigenvalue weighted by atomic mass is 15.5. The quantitative estimate of drug-likeness (QED) is 0.733. The summed E-state index contributed by atoms with van der Waals surface area (Å²) in [6, 6.07) is 15.9. The molecule has 0 bridgehead atoms. The standard InChI is InChI=1S/C17H19N5/c1-2-3-5-13-8-10-16(11-9-13)22-17(19-20-21-22)14-6-4-7-15(18)12-14/h4,6-12H,2-3,5,18H2,1H3. The summed E-state index contributed by atoms with van der Waals surface area (Å²) in [5.41, 5.74) is 9.73. The monoisotopic (exact) mass is 293 g/mol. The summed E-state index contributed by atoms with van der Waals surface area (Å²) in [4.78, 5) is 0. The fourth-order valence-electron chi connectivity index (χ4n) is 2.40. The summed E-state index contributed by atoms with van der Waals surface area (Å²) in [5.74, 6) is 0.689. The van der Waals surface area contributed by atoms with Crippen LogP contribution in [0.4, 0.5) is 5.69 Å². The molecule has 2 N–H and O–H groups in total. The number of unbranched alkanes of at least 4 members (excludes halogenated alkanes) is 1. The van der Waals surface area contributed by atoms with Crippen LogP contribution in [0.3, 0.4) is 0 Å². The molecule has 22 heavy (non-hydrogen) atoms. The Balaban J connectivity index is 1.91. The van der Waals surface area contributed by atoms with Crippen LogP contribution in [0, 0.1) is 0 Å². The van der Waals surface area contributed by atoms with E-state index in [1.165, 1.54) is 18.4 Å². The molecule has 1 aromatic heterocycles. The summed E-state index contributed by atoms with van der Waals surface area (Å²) in [6.07, 6.45) is 3.52. The third-order valence-electron chi connectivity index (χ3n) is 3.61. The smallest absolute Gasteiger partial charge is 0.187 e. The molecule has 0 saturated heterocycles. The Morgan fingerprint density at radius 3 is 2.64 bits per heavy atom. The maximum Gasteiger partial charge on any atom is 0.187 e. The third-order valence-corrected chi connectivity index (χ3v) is 3.61. The minimum absolute atomic E-state index is 0.689. The van der Waals surface area contributed by atoms with Crippen molar-refractivity contribution in [3.05, 3.63) is 54.1 Å². The molecular formula is C17H19N5. The van der Waals surface area contributed by atoms with E-state index in [-0.39, 0.29) is 0 Å². The van der Waals surface area contributed by atoms with Gasteiger partial charge < -0.3 is 5.73 Å². The molecule has 5 nitrogen and oxygen atoms in total. The maximum absolute atomic E-state index is 5.84. The zero-order valence-electron chi connectivity index (χ0n) is 12.6. The average molecular weight is 293 g/mol. The van der Waals surface area contributed by atoms with E-state index in [0.29, 0.717) is 11.5 Å². The molecule has 0 fully saturated rings. The van der Waals surface area contributed by atoms with Crippen LogP contribution in [0.2, 0.25) is 0 Å². The van der Waals surface area contributed by atoms with Crippen LogP contribution >= 0.6 is 0 Å². The molecule has 112 valence electrons. The fourth-order valence-corrected chi connectivity index (χ4v) is 2.40. The van der Waals surface area contributed by atoms with E-state index in [1.54, 1.807) is 4.68 Å². The van der Waals surface area contributed by atoms with E-state index >= 15 is 0 Å². The van der Waals surface area contributed by atoms with Crippen molar-refractivity contribution in [1.82, 2.24) is 20.2 Å². The van der Waals surface area contributed by atoms with Crippen LogP contribution < -0.4 is 5.73 Å². The van der Waals surface area contributed by atoms with Crippen molar-refractivity contribution >= 4 is 5.69 Å². The highest BCUT2D eigenvalue weighted by molar-refractivity contribution is 5.62. The second-order valence-corrected chi connectivity index (χ2v) is 5.31. The van der Waals surface area contributed by atoms with Crippen molar-refractivity contribution in [2.45, 2.75) is 26.2 Å². The van der Waals surface area contributed by atoms with Crippen LogP contribution in [0.1, 0.15) is 25.3 Å². The lowest BCUT2D eigenvalue weighted by atomic mass is 10.1. The fraction of sp³-hybridized carbons (Fsp3) is 0.235. The number of hydrogen-bond donors (Lipinski definition) is 1. The van der Waals surface area contributed by atoms with Gasteiger partial charge in [-0.15, -0.1) is 5.10 Å². The lowest BCUT2D eigenvalue weighted by molar-refractivity contribution is 0.784. The minimum atomic E-state index is 0.689. The first-order valence-electron chi connectivity index (χ1n) is 7.51. The number of aryl methyl sites for hydroxylation is 1. The summed E-state index contributed by atoms with van der Waals surface area (Å²) >= 11 is 0. The lowest BCUT2D eigenvalue weighted by Crippen LogP contribution is -2.00. The van der Waals surface area contributed by atoms with Gasteiger partial charge in [0.2, 0.25) is 0 Å². The number of benzene rings is 2. The number of hydrogen-bond acceptors (Lipinski definition) is 4. The first-order valence-corrected chi connectivity index (χ1v) is 7.51. The molecular weight excluding hydrogens is 274 g/mol. The largest absolute Gasteiger partial charge is 0.399 e. The van der Waals surface area contributed by atoms with Crippen LogP contribution in [0.5, 0.6) is 0 Å². The predicted molar refractivity (Wildman–Crippen MR) is 87.6 cm³/mol. The highest BCUT2D eigenvalue weighted by Crippen LogP contribution is 2.21. The van der Waals surface area contributed by atoms with Gasteiger partial charge in [0.25, 0.3) is 0 Å². The Kier molecular flexibility index (Phi) is 4.14. The zero-order valence-corrected chi connectivity index (χ0v) is 12.6. The normalized spacial score (nSPS) is 10.8. The van der Waals surface area contributed by atoms with Crippen molar-refractivity contribution in [3.63, 3.8) is 0 Å². The average Bonchev–Trinajstić information content (AvgIpc) is 3.03. The van der Waals surface area contributed by atoms with Gasteiger partial charge in [0.05, 0.1) is 5.69 Å². The van der Waals surface area contributed by atoms with Gasteiger partial charge in [-0.2, -0.15) is 4.68 Å². The molecule has 0 aliphatic heterocycles. The second kappa shape index (κ2) is 6.39. The van der Waals surface area contributed by atoms with Crippen molar-refractivity contribution in [2.24, 2.45) is 0 Å². The van der Waals surface area contributed by atoms with Gasteiger partial charge in [0.1, 0.15) is 0 Å². The molecule has 0 amide bonds. The van der Waals surface area contributed by atoms with Gasteiger partial charge in [-0.1, -0.05) is 37.6 Å². The van der Waals surface area contributed by atoms with Crippen LogP contribution in [0.25, 0.3) is 17.1 Å². The summed E-state index contributed by atoms with van der Waals surface area (Å²) in [5, 5.41) is 12.0. The van der Waals surface area contributed by atoms with E-state index < -0.39 is 0 Å².